The van der Waals surface area contributed by atoms with E-state index in [0.29, 0.717) is 11.6 Å². The minimum atomic E-state index is -0.0919. The second-order valence-corrected chi connectivity index (χ2v) is 4.08. The van der Waals surface area contributed by atoms with Crippen LogP contribution in [0.5, 0.6) is 0 Å². The third kappa shape index (κ3) is 1.65. The van der Waals surface area contributed by atoms with Gasteiger partial charge in [0.25, 0.3) is 0 Å². The van der Waals surface area contributed by atoms with E-state index < -0.39 is 0 Å². The van der Waals surface area contributed by atoms with E-state index in [4.69, 9.17) is 22.1 Å². The van der Waals surface area contributed by atoms with E-state index in [1.54, 1.807) is 6.20 Å². The van der Waals surface area contributed by atoms with Crippen molar-refractivity contribution in [3.05, 3.63) is 17.4 Å². The lowest BCUT2D eigenvalue weighted by molar-refractivity contribution is 0.0193. The Kier molecular flexibility index (Phi) is 2.76. The highest BCUT2D eigenvalue weighted by Gasteiger charge is 2.33. The lowest BCUT2D eigenvalue weighted by Crippen LogP contribution is -2.46. The van der Waals surface area contributed by atoms with E-state index in [1.165, 1.54) is 0 Å². The Hall–Kier alpha value is -0.580. The average Bonchev–Trinajstić information content (AvgIpc) is 2.66. The number of rotatable bonds is 2. The maximum absolute atomic E-state index is 5.84. The van der Waals surface area contributed by atoms with Gasteiger partial charge in [0.05, 0.1) is 16.8 Å². The minimum absolute atomic E-state index is 0.0919. The maximum atomic E-state index is 5.84. The monoisotopic (exact) mass is 215 g/mol. The molecule has 0 unspecified atom stereocenters. The summed E-state index contributed by atoms with van der Waals surface area (Å²) in [4.78, 5) is 0. The standard InChI is InChI=1S/C9H14ClN3O/c10-8-5-12-13(6-8)9(7-11)1-3-14-4-2-9/h5-6H,1-4,7,11H2. The highest BCUT2D eigenvalue weighted by atomic mass is 35.5. The van der Waals surface area contributed by atoms with Crippen molar-refractivity contribution in [3.63, 3.8) is 0 Å². The molecule has 0 aromatic carbocycles. The van der Waals surface area contributed by atoms with Gasteiger partial charge in [0.15, 0.2) is 0 Å². The van der Waals surface area contributed by atoms with Crippen molar-refractivity contribution in [3.8, 4) is 0 Å². The van der Waals surface area contributed by atoms with E-state index >= 15 is 0 Å². The molecule has 0 amide bonds. The summed E-state index contributed by atoms with van der Waals surface area (Å²) in [5.41, 5.74) is 5.73. The van der Waals surface area contributed by atoms with Crippen molar-refractivity contribution in [1.82, 2.24) is 9.78 Å². The van der Waals surface area contributed by atoms with E-state index in [1.807, 2.05) is 10.9 Å². The van der Waals surface area contributed by atoms with Crippen LogP contribution in [0.25, 0.3) is 0 Å². The van der Waals surface area contributed by atoms with Crippen molar-refractivity contribution in [2.75, 3.05) is 19.8 Å². The highest BCUT2D eigenvalue weighted by molar-refractivity contribution is 6.30. The molecule has 2 N–H and O–H groups in total. The van der Waals surface area contributed by atoms with Gasteiger partial charge in [0.1, 0.15) is 0 Å². The first kappa shape index (κ1) is 9.96. The molecule has 1 fully saturated rings. The number of aromatic nitrogens is 2. The molecule has 0 saturated carbocycles. The van der Waals surface area contributed by atoms with Crippen LogP contribution in [-0.2, 0) is 10.3 Å². The second-order valence-electron chi connectivity index (χ2n) is 3.64. The quantitative estimate of drug-likeness (QED) is 0.801. The van der Waals surface area contributed by atoms with Gasteiger partial charge in [-0.2, -0.15) is 5.10 Å². The molecule has 2 rings (SSSR count). The Morgan fingerprint density at radius 2 is 2.29 bits per heavy atom. The molecule has 0 atom stereocenters. The lowest BCUT2D eigenvalue weighted by Gasteiger charge is -2.36. The highest BCUT2D eigenvalue weighted by Crippen LogP contribution is 2.28. The van der Waals surface area contributed by atoms with Crippen LogP contribution in [0, 0.1) is 0 Å². The summed E-state index contributed by atoms with van der Waals surface area (Å²) in [6, 6.07) is 0. The average molecular weight is 216 g/mol. The molecule has 0 aliphatic carbocycles. The largest absolute Gasteiger partial charge is 0.381 e. The molecule has 14 heavy (non-hydrogen) atoms. The molecular formula is C9H14ClN3O. The van der Waals surface area contributed by atoms with Crippen LogP contribution in [0.3, 0.4) is 0 Å². The first-order chi connectivity index (χ1) is 6.77. The number of hydrogen-bond donors (Lipinski definition) is 1. The van der Waals surface area contributed by atoms with Crippen LogP contribution < -0.4 is 5.73 Å². The first-order valence-electron chi connectivity index (χ1n) is 4.75. The molecule has 1 aliphatic rings. The molecule has 1 aromatic rings. The van der Waals surface area contributed by atoms with Crippen LogP contribution in [0.4, 0.5) is 0 Å². The second kappa shape index (κ2) is 3.88. The van der Waals surface area contributed by atoms with E-state index in [-0.39, 0.29) is 5.54 Å². The molecule has 78 valence electrons. The van der Waals surface area contributed by atoms with Crippen molar-refractivity contribution < 1.29 is 4.74 Å². The summed E-state index contributed by atoms with van der Waals surface area (Å²) in [6.07, 6.45) is 5.29. The number of ether oxygens (including phenoxy) is 1. The van der Waals surface area contributed by atoms with Gasteiger partial charge in [-0.3, -0.25) is 4.68 Å². The molecule has 0 radical (unpaired) electrons. The summed E-state index contributed by atoms with van der Waals surface area (Å²) in [7, 11) is 0. The van der Waals surface area contributed by atoms with Gasteiger partial charge in [-0.25, -0.2) is 0 Å². The molecule has 0 spiro atoms. The smallest absolute Gasteiger partial charge is 0.0793 e. The van der Waals surface area contributed by atoms with Crippen LogP contribution in [0.1, 0.15) is 12.8 Å². The fourth-order valence-electron chi connectivity index (χ4n) is 1.84. The van der Waals surface area contributed by atoms with Crippen molar-refractivity contribution in [2.45, 2.75) is 18.4 Å². The van der Waals surface area contributed by atoms with Gasteiger partial charge < -0.3 is 10.5 Å². The van der Waals surface area contributed by atoms with Gasteiger partial charge in [0, 0.05) is 26.0 Å². The van der Waals surface area contributed by atoms with Crippen LogP contribution >= 0.6 is 11.6 Å². The summed E-state index contributed by atoms with van der Waals surface area (Å²) in [6.45, 7) is 2.07. The van der Waals surface area contributed by atoms with Gasteiger partial charge in [-0.1, -0.05) is 11.6 Å². The molecule has 2 heterocycles. The first-order valence-corrected chi connectivity index (χ1v) is 5.13. The minimum Gasteiger partial charge on any atom is -0.381 e. The van der Waals surface area contributed by atoms with Crippen molar-refractivity contribution in [1.29, 1.82) is 0 Å². The normalized spacial score (nSPS) is 21.0. The maximum Gasteiger partial charge on any atom is 0.0793 e. The fraction of sp³-hybridized carbons (Fsp3) is 0.667. The number of halogens is 1. The zero-order valence-corrected chi connectivity index (χ0v) is 8.70. The Morgan fingerprint density at radius 1 is 1.57 bits per heavy atom. The van der Waals surface area contributed by atoms with E-state index in [0.717, 1.165) is 26.1 Å². The van der Waals surface area contributed by atoms with Crippen LogP contribution in [0.15, 0.2) is 12.4 Å². The Labute approximate surface area is 88.0 Å². The summed E-state index contributed by atoms with van der Waals surface area (Å²) in [5.74, 6) is 0. The van der Waals surface area contributed by atoms with E-state index in [9.17, 15) is 0 Å². The topological polar surface area (TPSA) is 53.1 Å². The SMILES string of the molecule is NCC1(n2cc(Cl)cn2)CCOCC1. The molecular weight excluding hydrogens is 202 g/mol. The summed E-state index contributed by atoms with van der Waals surface area (Å²) in [5, 5.41) is 4.89. The van der Waals surface area contributed by atoms with E-state index in [2.05, 4.69) is 5.10 Å². The van der Waals surface area contributed by atoms with Gasteiger partial charge >= 0.3 is 0 Å². The molecule has 4 nitrogen and oxygen atoms in total. The number of hydrogen-bond acceptors (Lipinski definition) is 3. The fourth-order valence-corrected chi connectivity index (χ4v) is 1.97. The van der Waals surface area contributed by atoms with Crippen LogP contribution in [0.2, 0.25) is 5.02 Å². The lowest BCUT2D eigenvalue weighted by atomic mass is 9.90. The van der Waals surface area contributed by atoms with Crippen LogP contribution in [-0.4, -0.2) is 29.5 Å². The third-order valence-electron chi connectivity index (χ3n) is 2.84. The zero-order chi connectivity index (χ0) is 10.0. The Morgan fingerprint density at radius 3 is 2.79 bits per heavy atom. The summed E-state index contributed by atoms with van der Waals surface area (Å²) < 4.78 is 7.21. The third-order valence-corrected chi connectivity index (χ3v) is 3.04. The molecule has 1 saturated heterocycles. The molecule has 0 bridgehead atoms. The number of nitrogens with two attached hydrogens (primary N) is 1. The predicted octanol–water partition coefficient (Wildman–Crippen LogP) is 1.00. The predicted molar refractivity (Wildman–Crippen MR) is 54.3 cm³/mol. The molecule has 1 aliphatic heterocycles. The Bertz CT molecular complexity index is 307. The Balaban J connectivity index is 2.26. The van der Waals surface area contributed by atoms with Gasteiger partial charge in [-0.05, 0) is 12.8 Å². The molecule has 5 heteroatoms. The van der Waals surface area contributed by atoms with Gasteiger partial charge in [-0.15, -0.1) is 0 Å². The summed E-state index contributed by atoms with van der Waals surface area (Å²) >= 11 is 5.84. The van der Waals surface area contributed by atoms with Gasteiger partial charge in [0.2, 0.25) is 0 Å². The number of nitrogens with zero attached hydrogens (tertiary/aromatic N) is 2. The molecule has 1 aromatic heterocycles. The zero-order valence-electron chi connectivity index (χ0n) is 7.95. The van der Waals surface area contributed by atoms with Crippen molar-refractivity contribution >= 4 is 11.6 Å². The van der Waals surface area contributed by atoms with Crippen molar-refractivity contribution in [2.24, 2.45) is 5.73 Å².